The van der Waals surface area contributed by atoms with Crippen LogP contribution in [-0.4, -0.2) is 82.6 Å². The van der Waals surface area contributed by atoms with E-state index in [1.54, 1.807) is 24.3 Å². The van der Waals surface area contributed by atoms with Gasteiger partial charge in [0.1, 0.15) is 0 Å². The second-order valence-electron chi connectivity index (χ2n) is 11.8. The number of pyridine rings is 1. The number of aliphatic hydroxyl groups excluding tert-OH is 1. The number of unbranched alkanes of at least 4 members (excludes halogenated alkanes) is 4. The Labute approximate surface area is 279 Å². The quantitative estimate of drug-likeness (QED) is 0.138. The van der Waals surface area contributed by atoms with E-state index >= 15 is 0 Å². The summed E-state index contributed by atoms with van der Waals surface area (Å²) < 4.78 is 7.48. The average molecular weight is 658 g/mol. The van der Waals surface area contributed by atoms with E-state index < -0.39 is 0 Å². The fourth-order valence-electron chi connectivity index (χ4n) is 5.78. The highest BCUT2D eigenvalue weighted by Crippen LogP contribution is 2.31. The van der Waals surface area contributed by atoms with Gasteiger partial charge in [-0.05, 0) is 76.9 Å². The van der Waals surface area contributed by atoms with Crippen LogP contribution in [0.25, 0.3) is 11.0 Å². The first-order valence-electron chi connectivity index (χ1n) is 16.6. The van der Waals surface area contributed by atoms with Crippen LogP contribution in [0.2, 0.25) is 0 Å². The first-order valence-corrected chi connectivity index (χ1v) is 16.6. The summed E-state index contributed by atoms with van der Waals surface area (Å²) >= 11 is 0. The van der Waals surface area contributed by atoms with Crippen molar-refractivity contribution in [3.63, 3.8) is 0 Å². The summed E-state index contributed by atoms with van der Waals surface area (Å²) in [6, 6.07) is 7.32. The van der Waals surface area contributed by atoms with Crippen molar-refractivity contribution < 1.29 is 19.4 Å². The predicted octanol–water partition coefficient (Wildman–Crippen LogP) is 5.16. The van der Waals surface area contributed by atoms with Gasteiger partial charge in [-0.15, -0.1) is 12.4 Å². The van der Waals surface area contributed by atoms with Gasteiger partial charge in [0.2, 0.25) is 5.91 Å². The van der Waals surface area contributed by atoms with Crippen LogP contribution in [0.5, 0.6) is 0 Å². The zero-order chi connectivity index (χ0) is 32.0. The number of aromatic nitrogens is 3. The molecule has 1 aliphatic heterocycles. The Morgan fingerprint density at radius 1 is 1.04 bits per heavy atom. The lowest BCUT2D eigenvalue weighted by molar-refractivity contribution is -0.116. The zero-order valence-electron chi connectivity index (χ0n) is 27.6. The first kappa shape index (κ1) is 37.2. The lowest BCUT2D eigenvalue weighted by atomic mass is 10.0. The number of amides is 2. The summed E-state index contributed by atoms with van der Waals surface area (Å²) in [5.41, 5.74) is 4.99. The molecule has 0 saturated carbocycles. The molecule has 1 aromatic carbocycles. The highest BCUT2D eigenvalue weighted by atomic mass is 35.5. The van der Waals surface area contributed by atoms with Gasteiger partial charge in [-0.3, -0.25) is 9.59 Å². The molecule has 1 aliphatic rings. The summed E-state index contributed by atoms with van der Waals surface area (Å²) in [6.07, 6.45) is 10.1. The van der Waals surface area contributed by atoms with E-state index in [1.165, 1.54) is 0 Å². The molecule has 4 rings (SSSR count). The maximum atomic E-state index is 13.2. The Morgan fingerprint density at radius 3 is 2.46 bits per heavy atom. The molecule has 1 saturated heterocycles. The smallest absolute Gasteiger partial charge is 0.251 e. The van der Waals surface area contributed by atoms with Gasteiger partial charge >= 0.3 is 0 Å². The molecule has 254 valence electrons. The molecule has 0 unspecified atom stereocenters. The molecular weight excluding hydrogens is 606 g/mol. The normalized spacial score (nSPS) is 13.5. The van der Waals surface area contributed by atoms with Crippen LogP contribution >= 0.6 is 12.4 Å². The van der Waals surface area contributed by atoms with Crippen LogP contribution in [0.4, 0.5) is 11.4 Å². The van der Waals surface area contributed by atoms with Crippen molar-refractivity contribution in [1.29, 1.82) is 0 Å². The molecule has 2 aromatic heterocycles. The Hall–Kier alpha value is -3.25. The second kappa shape index (κ2) is 19.4. The molecule has 3 heterocycles. The van der Waals surface area contributed by atoms with Gasteiger partial charge in [0.25, 0.3) is 5.91 Å². The minimum atomic E-state index is -0.182. The van der Waals surface area contributed by atoms with Gasteiger partial charge in [0.05, 0.1) is 23.9 Å². The number of carbonyl (C=O) groups excluding carboxylic acids is 2. The summed E-state index contributed by atoms with van der Waals surface area (Å²) in [6.45, 7) is 8.56. The van der Waals surface area contributed by atoms with Gasteiger partial charge in [-0.1, -0.05) is 26.2 Å². The third-order valence-electron chi connectivity index (χ3n) is 8.46. The number of benzene rings is 1. The van der Waals surface area contributed by atoms with Gasteiger partial charge in [0.15, 0.2) is 5.65 Å². The number of carbonyl (C=O) groups is 2. The lowest BCUT2D eigenvalue weighted by Crippen LogP contribution is -2.30. The molecule has 46 heavy (non-hydrogen) atoms. The third kappa shape index (κ3) is 10.7. The fraction of sp³-hybridized carbons (Fsp3) is 0.588. The van der Waals surface area contributed by atoms with Crippen LogP contribution in [0, 0.1) is 0 Å². The van der Waals surface area contributed by atoms with E-state index in [2.05, 4.69) is 39.8 Å². The molecule has 0 spiro atoms. The fourth-order valence-corrected chi connectivity index (χ4v) is 5.78. The minimum absolute atomic E-state index is 0. The number of rotatable bonds is 18. The second-order valence-corrected chi connectivity index (χ2v) is 11.8. The number of likely N-dealkylation sites (N-methyl/N-ethyl adjacent to an activating group) is 1. The summed E-state index contributed by atoms with van der Waals surface area (Å²) in [4.78, 5) is 32.7. The number of aliphatic hydroxyl groups is 1. The largest absolute Gasteiger partial charge is 0.395 e. The van der Waals surface area contributed by atoms with Crippen molar-refractivity contribution in [3.8, 4) is 0 Å². The highest BCUT2D eigenvalue weighted by molar-refractivity contribution is 5.96. The molecule has 0 atom stereocenters. The van der Waals surface area contributed by atoms with Crippen LogP contribution in [0.15, 0.2) is 30.5 Å². The van der Waals surface area contributed by atoms with E-state index in [9.17, 15) is 9.59 Å². The van der Waals surface area contributed by atoms with Crippen LogP contribution in [-0.2, 0) is 29.0 Å². The number of fused-ring (bicyclic) bond motifs is 1. The maximum absolute atomic E-state index is 13.2. The predicted molar refractivity (Wildman–Crippen MR) is 186 cm³/mol. The Balaban J connectivity index is 0.00000576. The number of halogens is 1. The molecule has 2 amide bonds. The molecule has 0 aliphatic carbocycles. The summed E-state index contributed by atoms with van der Waals surface area (Å²) in [5, 5.41) is 24.3. The number of nitrogens with zero attached hydrogens (tertiary/aromatic N) is 4. The monoisotopic (exact) mass is 657 g/mol. The molecule has 0 radical (unpaired) electrons. The van der Waals surface area contributed by atoms with E-state index in [1.807, 2.05) is 17.9 Å². The number of ether oxygens (including phenoxy) is 1. The van der Waals surface area contributed by atoms with E-state index in [-0.39, 0.29) is 36.9 Å². The number of nitrogens with one attached hydrogen (secondary N) is 3. The van der Waals surface area contributed by atoms with E-state index in [0.717, 1.165) is 106 Å². The van der Waals surface area contributed by atoms with Crippen molar-refractivity contribution in [1.82, 2.24) is 25.0 Å². The third-order valence-corrected chi connectivity index (χ3v) is 8.46. The van der Waals surface area contributed by atoms with Crippen LogP contribution in [0.3, 0.4) is 0 Å². The SMILES string of the molecule is CCc1nc2c(cnn2CC)c(NC2CCOCC2)c1CNC(=O)c1ccc(NC(=O)CCCCCCCN(C)CCO)cc1.Cl. The number of hydrogen-bond acceptors (Lipinski definition) is 8. The van der Waals surface area contributed by atoms with Gasteiger partial charge < -0.3 is 30.7 Å². The number of hydrogen-bond donors (Lipinski definition) is 4. The molecular formula is C34H52ClN7O4. The van der Waals surface area contributed by atoms with Crippen molar-refractivity contribution in [2.24, 2.45) is 0 Å². The minimum Gasteiger partial charge on any atom is -0.395 e. The Bertz CT molecular complexity index is 1380. The molecule has 12 heteroatoms. The average Bonchev–Trinajstić information content (AvgIpc) is 3.47. The van der Waals surface area contributed by atoms with E-state index in [4.69, 9.17) is 14.8 Å². The Morgan fingerprint density at radius 2 is 1.76 bits per heavy atom. The van der Waals surface area contributed by atoms with E-state index in [0.29, 0.717) is 30.8 Å². The number of anilines is 2. The molecule has 3 aromatic rings. The first-order chi connectivity index (χ1) is 21.9. The maximum Gasteiger partial charge on any atom is 0.251 e. The van der Waals surface area contributed by atoms with Crippen molar-refractivity contribution in [2.75, 3.05) is 50.6 Å². The molecule has 4 N–H and O–H groups in total. The summed E-state index contributed by atoms with van der Waals surface area (Å²) in [5.74, 6) is -0.195. The van der Waals surface area contributed by atoms with Gasteiger partial charge in [-0.2, -0.15) is 5.10 Å². The van der Waals surface area contributed by atoms with Gasteiger partial charge in [0, 0.05) is 67.8 Å². The highest BCUT2D eigenvalue weighted by Gasteiger charge is 2.22. The van der Waals surface area contributed by atoms with Crippen LogP contribution < -0.4 is 16.0 Å². The zero-order valence-corrected chi connectivity index (χ0v) is 28.5. The topological polar surface area (TPSA) is 134 Å². The van der Waals surface area contributed by atoms with Crippen molar-refractivity contribution >= 4 is 46.6 Å². The lowest BCUT2D eigenvalue weighted by Gasteiger charge is -2.26. The van der Waals surface area contributed by atoms with Crippen LogP contribution in [0.1, 0.15) is 86.8 Å². The van der Waals surface area contributed by atoms with Gasteiger partial charge in [-0.25, -0.2) is 9.67 Å². The standard InChI is InChI=1S/C34H51N7O4.ClH/c1-4-30-28(32(38-27-16-21-45-22-17-27)29-24-36-41(5-2)33(29)39-30)23-35-34(44)25-12-14-26(15-13-25)37-31(43)11-9-7-6-8-10-18-40(3)19-20-42;/h12-15,24,27,42H,4-11,16-23H2,1-3H3,(H,35,44)(H,37,43)(H,38,39);1H. The molecule has 0 bridgehead atoms. The summed E-state index contributed by atoms with van der Waals surface area (Å²) in [7, 11) is 2.02. The Kier molecular flexibility index (Phi) is 15.7. The molecule has 1 fully saturated rings. The number of aryl methyl sites for hydroxylation is 2. The van der Waals surface area contributed by atoms with Crippen molar-refractivity contribution in [3.05, 3.63) is 47.3 Å². The molecule has 11 nitrogen and oxygen atoms in total. The van der Waals surface area contributed by atoms with Crippen molar-refractivity contribution in [2.45, 2.75) is 90.8 Å².